The number of benzene rings is 1. The molecule has 0 saturated carbocycles. The molecule has 0 atom stereocenters. The van der Waals surface area contributed by atoms with E-state index in [-0.39, 0.29) is 5.82 Å². The first-order valence-corrected chi connectivity index (χ1v) is 3.94. The second kappa shape index (κ2) is 3.01. The van der Waals surface area contributed by atoms with Crippen LogP contribution >= 0.6 is 0 Å². The van der Waals surface area contributed by atoms with Crippen LogP contribution in [-0.2, 0) is 0 Å². The molecular formula is C10H8FNO. The van der Waals surface area contributed by atoms with Gasteiger partial charge in [0.15, 0.2) is 0 Å². The summed E-state index contributed by atoms with van der Waals surface area (Å²) in [4.78, 5) is 3.96. The summed E-state index contributed by atoms with van der Waals surface area (Å²) in [6, 6.07) is 4.84. The SMILES string of the molecule is Cc1c(F)cccc1-c1ncco1. The summed E-state index contributed by atoms with van der Waals surface area (Å²) in [5.41, 5.74) is 1.26. The molecule has 0 spiro atoms. The van der Waals surface area contributed by atoms with E-state index in [2.05, 4.69) is 4.98 Å². The molecule has 2 rings (SSSR count). The van der Waals surface area contributed by atoms with Crippen LogP contribution in [0.5, 0.6) is 0 Å². The molecular weight excluding hydrogens is 169 g/mol. The molecule has 66 valence electrons. The maximum atomic E-state index is 13.1. The Kier molecular flexibility index (Phi) is 1.85. The minimum Gasteiger partial charge on any atom is -0.445 e. The Morgan fingerprint density at radius 1 is 1.38 bits per heavy atom. The highest BCUT2D eigenvalue weighted by Gasteiger charge is 2.08. The van der Waals surface area contributed by atoms with E-state index in [0.29, 0.717) is 17.0 Å². The first-order valence-electron chi connectivity index (χ1n) is 3.94. The van der Waals surface area contributed by atoms with Crippen LogP contribution in [0.1, 0.15) is 5.56 Å². The molecule has 2 nitrogen and oxygen atoms in total. The summed E-state index contributed by atoms with van der Waals surface area (Å²) in [6.07, 6.45) is 3.01. The third-order valence-corrected chi connectivity index (χ3v) is 1.93. The Morgan fingerprint density at radius 2 is 2.23 bits per heavy atom. The topological polar surface area (TPSA) is 26.0 Å². The minimum absolute atomic E-state index is 0.240. The fraction of sp³-hybridized carbons (Fsp3) is 0.100. The standard InChI is InChI=1S/C10H8FNO/c1-7-8(3-2-4-9(7)11)10-12-5-6-13-10/h2-6H,1H3. The van der Waals surface area contributed by atoms with Gasteiger partial charge in [0.25, 0.3) is 0 Å². The van der Waals surface area contributed by atoms with Gasteiger partial charge in [0.1, 0.15) is 12.1 Å². The summed E-state index contributed by atoms with van der Waals surface area (Å²) >= 11 is 0. The molecule has 0 aliphatic rings. The molecule has 0 saturated heterocycles. The van der Waals surface area contributed by atoms with Gasteiger partial charge in [0, 0.05) is 5.56 Å². The van der Waals surface area contributed by atoms with Crippen LogP contribution in [0, 0.1) is 12.7 Å². The Bertz CT molecular complexity index is 409. The molecule has 0 unspecified atom stereocenters. The van der Waals surface area contributed by atoms with Crippen molar-refractivity contribution in [1.29, 1.82) is 0 Å². The Balaban J connectivity index is 2.59. The normalized spacial score (nSPS) is 10.3. The van der Waals surface area contributed by atoms with E-state index in [0.717, 1.165) is 0 Å². The van der Waals surface area contributed by atoms with Crippen LogP contribution in [0.15, 0.2) is 35.1 Å². The molecule has 1 aromatic heterocycles. The molecule has 0 radical (unpaired) electrons. The molecule has 0 aliphatic carbocycles. The maximum absolute atomic E-state index is 13.1. The highest BCUT2D eigenvalue weighted by Crippen LogP contribution is 2.22. The van der Waals surface area contributed by atoms with Crippen molar-refractivity contribution in [3.63, 3.8) is 0 Å². The van der Waals surface area contributed by atoms with Gasteiger partial charge in [-0.15, -0.1) is 0 Å². The van der Waals surface area contributed by atoms with Gasteiger partial charge in [-0.2, -0.15) is 0 Å². The Labute approximate surface area is 75.0 Å². The lowest BCUT2D eigenvalue weighted by molar-refractivity contribution is 0.571. The largest absolute Gasteiger partial charge is 0.445 e. The fourth-order valence-electron chi connectivity index (χ4n) is 1.20. The number of oxazole rings is 1. The Morgan fingerprint density at radius 3 is 2.92 bits per heavy atom. The molecule has 3 heteroatoms. The molecule has 0 aliphatic heterocycles. The van der Waals surface area contributed by atoms with Crippen LogP contribution in [0.25, 0.3) is 11.5 Å². The highest BCUT2D eigenvalue weighted by molar-refractivity contribution is 5.58. The van der Waals surface area contributed by atoms with E-state index in [4.69, 9.17) is 4.42 Å². The van der Waals surface area contributed by atoms with Crippen molar-refractivity contribution in [2.45, 2.75) is 6.92 Å². The number of nitrogens with zero attached hydrogens (tertiary/aromatic N) is 1. The molecule has 0 fully saturated rings. The second-order valence-electron chi connectivity index (χ2n) is 2.75. The average Bonchev–Trinajstić information content (AvgIpc) is 2.62. The lowest BCUT2D eigenvalue weighted by atomic mass is 10.1. The van der Waals surface area contributed by atoms with Gasteiger partial charge in [-0.1, -0.05) is 6.07 Å². The van der Waals surface area contributed by atoms with Gasteiger partial charge in [-0.05, 0) is 24.6 Å². The summed E-state index contributed by atoms with van der Waals surface area (Å²) < 4.78 is 18.2. The van der Waals surface area contributed by atoms with Crippen LogP contribution in [0.4, 0.5) is 4.39 Å². The highest BCUT2D eigenvalue weighted by atomic mass is 19.1. The van der Waals surface area contributed by atoms with Gasteiger partial charge in [0.2, 0.25) is 5.89 Å². The first kappa shape index (κ1) is 7.98. The number of aromatic nitrogens is 1. The van der Waals surface area contributed by atoms with Gasteiger partial charge in [-0.25, -0.2) is 9.37 Å². The predicted octanol–water partition coefficient (Wildman–Crippen LogP) is 2.79. The van der Waals surface area contributed by atoms with E-state index in [1.807, 2.05) is 0 Å². The van der Waals surface area contributed by atoms with Crippen molar-refractivity contribution in [3.05, 3.63) is 42.0 Å². The zero-order chi connectivity index (χ0) is 9.26. The maximum Gasteiger partial charge on any atom is 0.226 e. The summed E-state index contributed by atoms with van der Waals surface area (Å²) in [5, 5.41) is 0. The molecule has 1 heterocycles. The van der Waals surface area contributed by atoms with Gasteiger partial charge < -0.3 is 4.42 Å². The van der Waals surface area contributed by atoms with Crippen LogP contribution < -0.4 is 0 Å². The van der Waals surface area contributed by atoms with Crippen molar-refractivity contribution >= 4 is 0 Å². The van der Waals surface area contributed by atoms with Gasteiger partial charge >= 0.3 is 0 Å². The zero-order valence-corrected chi connectivity index (χ0v) is 7.12. The first-order chi connectivity index (χ1) is 6.29. The molecule has 1 aromatic carbocycles. The number of rotatable bonds is 1. The molecule has 0 N–H and O–H groups in total. The fourth-order valence-corrected chi connectivity index (χ4v) is 1.20. The van der Waals surface area contributed by atoms with Gasteiger partial charge in [-0.3, -0.25) is 0 Å². The van der Waals surface area contributed by atoms with Crippen molar-refractivity contribution in [2.24, 2.45) is 0 Å². The lowest BCUT2D eigenvalue weighted by Gasteiger charge is -2.01. The zero-order valence-electron chi connectivity index (χ0n) is 7.12. The molecule has 13 heavy (non-hydrogen) atoms. The smallest absolute Gasteiger partial charge is 0.226 e. The van der Waals surface area contributed by atoms with E-state index < -0.39 is 0 Å². The molecule has 0 amide bonds. The molecule has 2 aromatic rings. The summed E-state index contributed by atoms with van der Waals surface area (Å²) in [7, 11) is 0. The summed E-state index contributed by atoms with van der Waals surface area (Å²) in [5.74, 6) is 0.215. The third-order valence-electron chi connectivity index (χ3n) is 1.93. The quantitative estimate of drug-likeness (QED) is 0.669. The van der Waals surface area contributed by atoms with E-state index >= 15 is 0 Å². The van der Waals surface area contributed by atoms with Crippen LogP contribution in [-0.4, -0.2) is 4.98 Å². The predicted molar refractivity (Wildman–Crippen MR) is 46.6 cm³/mol. The second-order valence-corrected chi connectivity index (χ2v) is 2.75. The van der Waals surface area contributed by atoms with E-state index in [9.17, 15) is 4.39 Å². The van der Waals surface area contributed by atoms with Crippen molar-refractivity contribution in [2.75, 3.05) is 0 Å². The summed E-state index contributed by atoms with van der Waals surface area (Å²) in [6.45, 7) is 1.70. The Hall–Kier alpha value is -1.64. The van der Waals surface area contributed by atoms with Crippen molar-refractivity contribution in [3.8, 4) is 11.5 Å². The van der Waals surface area contributed by atoms with E-state index in [1.165, 1.54) is 12.3 Å². The average molecular weight is 177 g/mol. The number of halogens is 1. The van der Waals surface area contributed by atoms with Crippen LogP contribution in [0.2, 0.25) is 0 Å². The van der Waals surface area contributed by atoms with Crippen molar-refractivity contribution < 1.29 is 8.81 Å². The molecule has 0 bridgehead atoms. The van der Waals surface area contributed by atoms with E-state index in [1.54, 1.807) is 25.3 Å². The minimum atomic E-state index is -0.240. The number of hydrogen-bond acceptors (Lipinski definition) is 2. The third kappa shape index (κ3) is 1.33. The van der Waals surface area contributed by atoms with Crippen LogP contribution in [0.3, 0.4) is 0 Å². The number of hydrogen-bond donors (Lipinski definition) is 0. The van der Waals surface area contributed by atoms with Crippen molar-refractivity contribution in [1.82, 2.24) is 4.98 Å². The monoisotopic (exact) mass is 177 g/mol. The van der Waals surface area contributed by atoms with Gasteiger partial charge in [0.05, 0.1) is 6.20 Å². The lowest BCUT2D eigenvalue weighted by Crippen LogP contribution is -1.87.